The van der Waals surface area contributed by atoms with Crippen LogP contribution in [0.25, 0.3) is 0 Å². The number of carbonyl (C=O) groups excluding carboxylic acids is 1. The average Bonchev–Trinajstić information content (AvgIpc) is 2.65. The Balaban J connectivity index is 2.42. The van der Waals surface area contributed by atoms with Crippen molar-refractivity contribution in [2.45, 2.75) is 25.5 Å². The van der Waals surface area contributed by atoms with Gasteiger partial charge < -0.3 is 19.9 Å². The number of amides is 1. The van der Waals surface area contributed by atoms with E-state index in [-0.39, 0.29) is 0 Å². The molecule has 2 atom stereocenters. The Morgan fingerprint density at radius 1 is 1.08 bits per heavy atom. The number of aliphatic hydroxyl groups excluding tert-OH is 1. The molecule has 24 heavy (non-hydrogen) atoms. The van der Waals surface area contributed by atoms with Crippen LogP contribution in [-0.2, 0) is 4.79 Å². The van der Waals surface area contributed by atoms with Crippen molar-refractivity contribution in [3.05, 3.63) is 59.7 Å². The standard InChI is InChI=1S/C19H23NO4/c1-4-16(21)19(22)20-18(13-9-11-14(23-2)12-10-13)15-7-5-6-8-17(15)24-3/h5-12,16,18,21H,4H2,1-3H3,(H,20,22)/t16-,18+/m1/s1. The van der Waals surface area contributed by atoms with E-state index >= 15 is 0 Å². The van der Waals surface area contributed by atoms with Crippen molar-refractivity contribution in [2.75, 3.05) is 14.2 Å². The van der Waals surface area contributed by atoms with Gasteiger partial charge in [-0.3, -0.25) is 4.79 Å². The zero-order chi connectivity index (χ0) is 17.5. The van der Waals surface area contributed by atoms with Crippen molar-refractivity contribution in [3.8, 4) is 11.5 Å². The first-order valence-electron chi connectivity index (χ1n) is 7.86. The smallest absolute Gasteiger partial charge is 0.249 e. The Morgan fingerprint density at radius 2 is 1.75 bits per heavy atom. The number of nitrogens with one attached hydrogen (secondary N) is 1. The summed E-state index contributed by atoms with van der Waals surface area (Å²) in [5, 5.41) is 12.7. The Labute approximate surface area is 142 Å². The molecular formula is C19H23NO4. The van der Waals surface area contributed by atoms with E-state index in [1.807, 2.05) is 48.5 Å². The topological polar surface area (TPSA) is 67.8 Å². The van der Waals surface area contributed by atoms with Gasteiger partial charge in [0, 0.05) is 5.56 Å². The molecule has 0 heterocycles. The lowest BCUT2D eigenvalue weighted by Gasteiger charge is -2.23. The third kappa shape index (κ3) is 4.06. The first kappa shape index (κ1) is 17.8. The van der Waals surface area contributed by atoms with Gasteiger partial charge >= 0.3 is 0 Å². The summed E-state index contributed by atoms with van der Waals surface area (Å²) in [6.07, 6.45) is -0.687. The van der Waals surface area contributed by atoms with E-state index in [9.17, 15) is 9.90 Å². The highest BCUT2D eigenvalue weighted by Gasteiger charge is 2.23. The van der Waals surface area contributed by atoms with Gasteiger partial charge in [0.1, 0.15) is 17.6 Å². The lowest BCUT2D eigenvalue weighted by atomic mass is 9.97. The molecule has 2 rings (SSSR count). The molecule has 2 aromatic carbocycles. The highest BCUT2D eigenvalue weighted by molar-refractivity contribution is 5.81. The largest absolute Gasteiger partial charge is 0.497 e. The van der Waals surface area contributed by atoms with Crippen molar-refractivity contribution in [1.82, 2.24) is 5.32 Å². The van der Waals surface area contributed by atoms with Crippen molar-refractivity contribution >= 4 is 5.91 Å². The predicted octanol–water partition coefficient (Wildman–Crippen LogP) is 2.68. The Hall–Kier alpha value is -2.53. The van der Waals surface area contributed by atoms with Gasteiger partial charge in [-0.25, -0.2) is 0 Å². The van der Waals surface area contributed by atoms with Crippen LogP contribution < -0.4 is 14.8 Å². The molecule has 1 amide bonds. The number of para-hydroxylation sites is 1. The molecule has 0 unspecified atom stereocenters. The van der Waals surface area contributed by atoms with E-state index in [0.717, 1.165) is 16.9 Å². The molecular weight excluding hydrogens is 306 g/mol. The van der Waals surface area contributed by atoms with Crippen molar-refractivity contribution in [2.24, 2.45) is 0 Å². The normalized spacial score (nSPS) is 13.0. The van der Waals surface area contributed by atoms with E-state index in [4.69, 9.17) is 9.47 Å². The van der Waals surface area contributed by atoms with Gasteiger partial charge in [0.15, 0.2) is 0 Å². The number of hydrogen-bond donors (Lipinski definition) is 2. The van der Waals surface area contributed by atoms with E-state index in [1.165, 1.54) is 0 Å². The number of methoxy groups -OCH3 is 2. The molecule has 0 spiro atoms. The fraction of sp³-hybridized carbons (Fsp3) is 0.316. The van der Waals surface area contributed by atoms with Gasteiger partial charge in [-0.05, 0) is 30.2 Å². The zero-order valence-corrected chi connectivity index (χ0v) is 14.2. The second kappa shape index (κ2) is 8.36. The van der Waals surface area contributed by atoms with Gasteiger partial charge in [-0.2, -0.15) is 0 Å². The molecule has 0 bridgehead atoms. The van der Waals surface area contributed by atoms with Crippen LogP contribution in [0.3, 0.4) is 0 Å². The van der Waals surface area contributed by atoms with E-state index < -0.39 is 18.1 Å². The zero-order valence-electron chi connectivity index (χ0n) is 14.2. The van der Waals surface area contributed by atoms with Crippen LogP contribution in [0.4, 0.5) is 0 Å². The number of benzene rings is 2. The number of ether oxygens (including phenoxy) is 2. The molecule has 2 N–H and O–H groups in total. The second-order valence-electron chi connectivity index (χ2n) is 5.38. The van der Waals surface area contributed by atoms with Crippen LogP contribution in [0, 0.1) is 0 Å². The molecule has 0 aliphatic carbocycles. The van der Waals surface area contributed by atoms with Crippen LogP contribution in [0.5, 0.6) is 11.5 Å². The minimum Gasteiger partial charge on any atom is -0.497 e. The third-order valence-electron chi connectivity index (χ3n) is 3.88. The molecule has 0 aromatic heterocycles. The number of rotatable bonds is 7. The third-order valence-corrected chi connectivity index (χ3v) is 3.88. The van der Waals surface area contributed by atoms with Crippen LogP contribution in [0.2, 0.25) is 0 Å². The van der Waals surface area contributed by atoms with Crippen LogP contribution in [0.1, 0.15) is 30.5 Å². The summed E-state index contributed by atoms with van der Waals surface area (Å²) < 4.78 is 10.6. The highest BCUT2D eigenvalue weighted by Crippen LogP contribution is 2.31. The summed E-state index contributed by atoms with van der Waals surface area (Å²) in [4.78, 5) is 12.2. The van der Waals surface area contributed by atoms with Gasteiger partial charge in [-0.15, -0.1) is 0 Å². The minimum absolute atomic E-state index is 0.354. The summed E-state index contributed by atoms with van der Waals surface area (Å²) in [6, 6.07) is 14.5. The highest BCUT2D eigenvalue weighted by atomic mass is 16.5. The molecule has 0 aliphatic heterocycles. The fourth-order valence-corrected chi connectivity index (χ4v) is 2.47. The molecule has 0 aliphatic rings. The van der Waals surface area contributed by atoms with Crippen molar-refractivity contribution in [1.29, 1.82) is 0 Å². The summed E-state index contributed by atoms with van der Waals surface area (Å²) in [7, 11) is 3.19. The number of hydrogen-bond acceptors (Lipinski definition) is 4. The summed E-state index contributed by atoms with van der Waals surface area (Å²) in [6.45, 7) is 1.76. The first-order valence-corrected chi connectivity index (χ1v) is 7.86. The lowest BCUT2D eigenvalue weighted by Crippen LogP contribution is -2.37. The van der Waals surface area contributed by atoms with Crippen molar-refractivity contribution < 1.29 is 19.4 Å². The Morgan fingerprint density at radius 3 is 2.33 bits per heavy atom. The molecule has 0 fully saturated rings. The maximum absolute atomic E-state index is 12.2. The lowest BCUT2D eigenvalue weighted by molar-refractivity contribution is -0.129. The van der Waals surface area contributed by atoms with E-state index in [0.29, 0.717) is 12.2 Å². The maximum Gasteiger partial charge on any atom is 0.249 e. The summed E-state index contributed by atoms with van der Waals surface area (Å²) in [5.41, 5.74) is 1.69. The SMILES string of the molecule is CC[C@@H](O)C(=O)N[C@@H](c1ccc(OC)cc1)c1ccccc1OC. The second-order valence-corrected chi connectivity index (χ2v) is 5.38. The Bertz CT molecular complexity index is 669. The molecule has 0 saturated heterocycles. The van der Waals surface area contributed by atoms with Gasteiger partial charge in [0.25, 0.3) is 0 Å². The molecule has 0 radical (unpaired) electrons. The van der Waals surface area contributed by atoms with Gasteiger partial charge in [0.2, 0.25) is 5.91 Å². The van der Waals surface area contributed by atoms with Crippen molar-refractivity contribution in [3.63, 3.8) is 0 Å². The van der Waals surface area contributed by atoms with Gasteiger partial charge in [-0.1, -0.05) is 37.3 Å². The molecule has 0 saturated carbocycles. The quantitative estimate of drug-likeness (QED) is 0.819. The van der Waals surface area contributed by atoms with Gasteiger partial charge in [0.05, 0.1) is 20.3 Å². The first-order chi connectivity index (χ1) is 11.6. The van der Waals surface area contributed by atoms with Crippen LogP contribution >= 0.6 is 0 Å². The summed E-state index contributed by atoms with van der Waals surface area (Å²) >= 11 is 0. The maximum atomic E-state index is 12.2. The molecule has 5 nitrogen and oxygen atoms in total. The average molecular weight is 329 g/mol. The molecule has 2 aromatic rings. The Kier molecular flexibility index (Phi) is 6.21. The van der Waals surface area contributed by atoms with E-state index in [1.54, 1.807) is 21.1 Å². The molecule has 128 valence electrons. The number of aliphatic hydroxyl groups is 1. The minimum atomic E-state index is -1.04. The summed E-state index contributed by atoms with van der Waals surface area (Å²) in [5.74, 6) is 0.992. The van der Waals surface area contributed by atoms with Crippen LogP contribution in [-0.4, -0.2) is 31.3 Å². The van der Waals surface area contributed by atoms with Crippen LogP contribution in [0.15, 0.2) is 48.5 Å². The van der Waals surface area contributed by atoms with E-state index in [2.05, 4.69) is 5.32 Å². The monoisotopic (exact) mass is 329 g/mol. The number of carbonyl (C=O) groups is 1. The molecule has 5 heteroatoms. The fourth-order valence-electron chi connectivity index (χ4n) is 2.47. The predicted molar refractivity (Wildman–Crippen MR) is 92.3 cm³/mol.